The van der Waals surface area contributed by atoms with Gasteiger partial charge in [-0.05, 0) is 18.8 Å². The molecular formula is C8H18N2O2S. The summed E-state index contributed by atoms with van der Waals surface area (Å²) < 4.78 is 24.8. The largest absolute Gasteiger partial charge is 0.329 e. The summed E-state index contributed by atoms with van der Waals surface area (Å²) in [5.41, 5.74) is 5.34. The Morgan fingerprint density at radius 1 is 1.46 bits per heavy atom. The third kappa shape index (κ3) is 3.25. The van der Waals surface area contributed by atoms with Crippen molar-refractivity contribution < 1.29 is 8.42 Å². The Labute approximate surface area is 80.1 Å². The van der Waals surface area contributed by atoms with Crippen molar-refractivity contribution in [3.8, 4) is 0 Å². The van der Waals surface area contributed by atoms with Crippen molar-refractivity contribution >= 4 is 10.0 Å². The van der Waals surface area contributed by atoms with Crippen LogP contribution in [0, 0.1) is 5.92 Å². The van der Waals surface area contributed by atoms with Crippen LogP contribution in [0.2, 0.25) is 0 Å². The Kier molecular flexibility index (Phi) is 3.70. The zero-order valence-corrected chi connectivity index (χ0v) is 8.89. The van der Waals surface area contributed by atoms with Crippen LogP contribution in [0.25, 0.3) is 0 Å². The van der Waals surface area contributed by atoms with Crippen LogP contribution >= 0.6 is 0 Å². The number of likely N-dealkylation sites (N-methyl/N-ethyl adjacent to an activating group) is 1. The van der Waals surface area contributed by atoms with E-state index >= 15 is 0 Å². The molecule has 0 unspecified atom stereocenters. The van der Waals surface area contributed by atoms with Gasteiger partial charge in [-0.3, -0.25) is 0 Å². The summed E-state index contributed by atoms with van der Waals surface area (Å²) in [6, 6.07) is 0. The van der Waals surface area contributed by atoms with Gasteiger partial charge in [0.1, 0.15) is 0 Å². The molecule has 4 nitrogen and oxygen atoms in total. The van der Waals surface area contributed by atoms with E-state index in [0.29, 0.717) is 31.3 Å². The minimum Gasteiger partial charge on any atom is -0.329 e. The minimum absolute atomic E-state index is 0.320. The fraction of sp³-hybridized carbons (Fsp3) is 1.00. The average Bonchev–Trinajstić information content (AvgIpc) is 2.82. The second kappa shape index (κ2) is 4.39. The van der Waals surface area contributed by atoms with Crippen LogP contribution in [-0.2, 0) is 10.0 Å². The molecule has 0 aromatic carbocycles. The molecule has 2 N–H and O–H groups in total. The first-order valence-corrected chi connectivity index (χ1v) is 6.39. The van der Waals surface area contributed by atoms with Gasteiger partial charge in [0.05, 0.1) is 5.75 Å². The van der Waals surface area contributed by atoms with Crippen molar-refractivity contribution in [3.05, 3.63) is 0 Å². The Morgan fingerprint density at radius 3 is 2.46 bits per heavy atom. The monoisotopic (exact) mass is 206 g/mol. The Bertz CT molecular complexity index is 247. The molecule has 0 bridgehead atoms. The van der Waals surface area contributed by atoms with Gasteiger partial charge in [-0.2, -0.15) is 0 Å². The molecule has 1 saturated carbocycles. The van der Waals surface area contributed by atoms with Crippen molar-refractivity contribution in [2.24, 2.45) is 11.7 Å². The lowest BCUT2D eigenvalue weighted by Gasteiger charge is -2.19. The molecular weight excluding hydrogens is 188 g/mol. The number of hydrogen-bond acceptors (Lipinski definition) is 3. The van der Waals surface area contributed by atoms with Gasteiger partial charge in [-0.15, -0.1) is 0 Å². The highest BCUT2D eigenvalue weighted by Crippen LogP contribution is 2.30. The summed E-state index contributed by atoms with van der Waals surface area (Å²) in [7, 11) is -3.02. The molecule has 1 rings (SSSR count). The lowest BCUT2D eigenvalue weighted by atomic mass is 10.5. The van der Waals surface area contributed by atoms with Gasteiger partial charge in [-0.1, -0.05) is 6.92 Å². The topological polar surface area (TPSA) is 63.4 Å². The van der Waals surface area contributed by atoms with E-state index in [0.717, 1.165) is 12.8 Å². The standard InChI is InChI=1S/C8H18N2O2S/c1-2-10(6-5-9)13(11,12)7-8-3-4-8/h8H,2-7,9H2,1H3. The van der Waals surface area contributed by atoms with Crippen molar-refractivity contribution in [1.82, 2.24) is 4.31 Å². The van der Waals surface area contributed by atoms with E-state index in [-0.39, 0.29) is 0 Å². The number of nitrogens with two attached hydrogens (primary N) is 1. The van der Waals surface area contributed by atoms with E-state index in [9.17, 15) is 8.42 Å². The second-order valence-electron chi connectivity index (χ2n) is 3.50. The van der Waals surface area contributed by atoms with Crippen LogP contribution in [0.1, 0.15) is 19.8 Å². The maximum absolute atomic E-state index is 11.7. The number of rotatable bonds is 6. The van der Waals surface area contributed by atoms with Gasteiger partial charge in [0, 0.05) is 19.6 Å². The van der Waals surface area contributed by atoms with Crippen molar-refractivity contribution in [2.75, 3.05) is 25.4 Å². The van der Waals surface area contributed by atoms with Crippen molar-refractivity contribution in [2.45, 2.75) is 19.8 Å². The highest BCUT2D eigenvalue weighted by Gasteiger charge is 2.30. The quantitative estimate of drug-likeness (QED) is 0.665. The summed E-state index contributed by atoms with van der Waals surface area (Å²) in [5.74, 6) is 0.734. The van der Waals surface area contributed by atoms with Crippen LogP contribution in [0.3, 0.4) is 0 Å². The fourth-order valence-electron chi connectivity index (χ4n) is 1.33. The van der Waals surface area contributed by atoms with E-state index < -0.39 is 10.0 Å². The third-order valence-corrected chi connectivity index (χ3v) is 4.39. The molecule has 5 heteroatoms. The van der Waals surface area contributed by atoms with Gasteiger partial charge in [0.2, 0.25) is 10.0 Å². The first-order valence-electron chi connectivity index (χ1n) is 4.78. The molecule has 0 heterocycles. The van der Waals surface area contributed by atoms with E-state index in [1.807, 2.05) is 6.92 Å². The molecule has 0 atom stereocenters. The van der Waals surface area contributed by atoms with Gasteiger partial charge >= 0.3 is 0 Å². The lowest BCUT2D eigenvalue weighted by Crippen LogP contribution is -2.37. The summed E-state index contributed by atoms with van der Waals surface area (Å²) in [6.07, 6.45) is 2.14. The van der Waals surface area contributed by atoms with Crippen LogP contribution in [-0.4, -0.2) is 38.1 Å². The molecule has 1 aliphatic rings. The molecule has 0 radical (unpaired) electrons. The van der Waals surface area contributed by atoms with Gasteiger partial charge in [0.15, 0.2) is 0 Å². The number of nitrogens with zero attached hydrogens (tertiary/aromatic N) is 1. The van der Waals surface area contributed by atoms with Gasteiger partial charge in [-0.25, -0.2) is 12.7 Å². The van der Waals surface area contributed by atoms with Gasteiger partial charge in [0.25, 0.3) is 0 Å². The fourth-order valence-corrected chi connectivity index (χ4v) is 3.24. The van der Waals surface area contributed by atoms with Crippen LogP contribution < -0.4 is 5.73 Å². The molecule has 13 heavy (non-hydrogen) atoms. The van der Waals surface area contributed by atoms with Gasteiger partial charge < -0.3 is 5.73 Å². The summed E-state index contributed by atoms with van der Waals surface area (Å²) in [6.45, 7) is 3.23. The van der Waals surface area contributed by atoms with Crippen molar-refractivity contribution in [1.29, 1.82) is 0 Å². The Morgan fingerprint density at radius 2 is 2.08 bits per heavy atom. The normalized spacial score (nSPS) is 18.1. The van der Waals surface area contributed by atoms with E-state index in [1.54, 1.807) is 0 Å². The summed E-state index contributed by atoms with van der Waals surface area (Å²) in [4.78, 5) is 0. The molecule has 0 amide bonds. The number of sulfonamides is 1. The molecule has 1 aliphatic carbocycles. The lowest BCUT2D eigenvalue weighted by molar-refractivity contribution is 0.433. The molecule has 1 fully saturated rings. The highest BCUT2D eigenvalue weighted by molar-refractivity contribution is 7.89. The molecule has 0 spiro atoms. The summed E-state index contributed by atoms with van der Waals surface area (Å²) >= 11 is 0. The maximum Gasteiger partial charge on any atom is 0.214 e. The Balaban J connectivity index is 2.52. The predicted octanol–water partition coefficient (Wildman–Crippen LogP) is 0.00680. The van der Waals surface area contributed by atoms with Crippen LogP contribution in [0.15, 0.2) is 0 Å². The first-order chi connectivity index (χ1) is 6.10. The maximum atomic E-state index is 11.7. The summed E-state index contributed by atoms with van der Waals surface area (Å²) in [5, 5.41) is 0. The minimum atomic E-state index is -3.02. The van der Waals surface area contributed by atoms with E-state index in [2.05, 4.69) is 0 Å². The first kappa shape index (κ1) is 10.9. The zero-order valence-electron chi connectivity index (χ0n) is 8.07. The molecule has 0 saturated heterocycles. The molecule has 0 aromatic heterocycles. The van der Waals surface area contributed by atoms with E-state index in [4.69, 9.17) is 5.73 Å². The SMILES string of the molecule is CCN(CCN)S(=O)(=O)CC1CC1. The average molecular weight is 206 g/mol. The smallest absolute Gasteiger partial charge is 0.214 e. The van der Waals surface area contributed by atoms with Crippen LogP contribution in [0.5, 0.6) is 0 Å². The van der Waals surface area contributed by atoms with Crippen LogP contribution in [0.4, 0.5) is 0 Å². The third-order valence-electron chi connectivity index (χ3n) is 2.27. The number of hydrogen-bond donors (Lipinski definition) is 1. The van der Waals surface area contributed by atoms with E-state index in [1.165, 1.54) is 4.31 Å². The Hall–Kier alpha value is -0.130. The highest BCUT2D eigenvalue weighted by atomic mass is 32.2. The second-order valence-corrected chi connectivity index (χ2v) is 5.52. The van der Waals surface area contributed by atoms with Crippen molar-refractivity contribution in [3.63, 3.8) is 0 Å². The molecule has 78 valence electrons. The zero-order chi connectivity index (χ0) is 9.90. The molecule has 0 aliphatic heterocycles. The molecule has 0 aromatic rings. The predicted molar refractivity (Wildman–Crippen MR) is 52.8 cm³/mol.